The third-order valence-electron chi connectivity index (χ3n) is 5.28. The number of hydrazone groups is 1. The van der Waals surface area contributed by atoms with Crippen molar-refractivity contribution in [3.8, 4) is 5.75 Å². The standard InChI is InChI=1S/C24H22ClN7O2/c25-19-6-8-21(33)18(13-19)15-26-31-23-28-22(29-24(30-23)32-9-11-34-12-10-32)27-20-7-5-16-3-1-2-4-17(16)14-20/h1-8,13-15,33H,9-12H2,(H2,27,28,29,30,31)/b26-15+. The molecule has 2 heterocycles. The van der Waals surface area contributed by atoms with Gasteiger partial charge in [0.2, 0.25) is 17.8 Å². The van der Waals surface area contributed by atoms with Crippen molar-refractivity contribution in [2.75, 3.05) is 41.9 Å². The van der Waals surface area contributed by atoms with E-state index in [2.05, 4.69) is 42.9 Å². The average Bonchev–Trinajstić information content (AvgIpc) is 2.86. The summed E-state index contributed by atoms with van der Waals surface area (Å²) < 4.78 is 5.45. The third-order valence-corrected chi connectivity index (χ3v) is 5.52. The first-order valence-electron chi connectivity index (χ1n) is 10.8. The lowest BCUT2D eigenvalue weighted by atomic mass is 10.1. The fourth-order valence-corrected chi connectivity index (χ4v) is 3.74. The lowest BCUT2D eigenvalue weighted by Gasteiger charge is -2.27. The molecule has 0 bridgehead atoms. The summed E-state index contributed by atoms with van der Waals surface area (Å²) in [6, 6.07) is 18.9. The quantitative estimate of drug-likeness (QED) is 0.278. The van der Waals surface area contributed by atoms with Gasteiger partial charge in [-0.3, -0.25) is 0 Å². The van der Waals surface area contributed by atoms with E-state index in [1.165, 1.54) is 12.3 Å². The Balaban J connectivity index is 1.42. The lowest BCUT2D eigenvalue weighted by Crippen LogP contribution is -2.37. The maximum Gasteiger partial charge on any atom is 0.250 e. The minimum Gasteiger partial charge on any atom is -0.507 e. The summed E-state index contributed by atoms with van der Waals surface area (Å²) in [6.45, 7) is 2.57. The van der Waals surface area contributed by atoms with Gasteiger partial charge in [-0.2, -0.15) is 20.1 Å². The number of anilines is 4. The third kappa shape index (κ3) is 5.16. The second-order valence-electron chi connectivity index (χ2n) is 7.64. The van der Waals surface area contributed by atoms with E-state index in [4.69, 9.17) is 16.3 Å². The molecule has 0 atom stereocenters. The van der Waals surface area contributed by atoms with Gasteiger partial charge in [0.05, 0.1) is 19.4 Å². The molecular formula is C24H22ClN7O2. The van der Waals surface area contributed by atoms with Crippen molar-refractivity contribution in [3.05, 3.63) is 71.2 Å². The number of hydrogen-bond acceptors (Lipinski definition) is 9. The van der Waals surface area contributed by atoms with E-state index in [9.17, 15) is 5.11 Å². The first-order chi connectivity index (χ1) is 16.6. The SMILES string of the molecule is Oc1ccc(Cl)cc1/C=N/Nc1nc(Nc2ccc3ccccc3c2)nc(N2CCOCC2)n1. The van der Waals surface area contributed by atoms with Crippen molar-refractivity contribution in [3.63, 3.8) is 0 Å². The van der Waals surface area contributed by atoms with Crippen LogP contribution in [0.2, 0.25) is 5.02 Å². The number of hydrogen-bond donors (Lipinski definition) is 3. The molecule has 1 aliphatic heterocycles. The summed E-state index contributed by atoms with van der Waals surface area (Å²) >= 11 is 6.00. The van der Waals surface area contributed by atoms with Crippen LogP contribution in [0.25, 0.3) is 10.8 Å². The molecule has 5 rings (SSSR count). The Morgan fingerprint density at radius 2 is 1.74 bits per heavy atom. The maximum absolute atomic E-state index is 9.98. The number of phenolic OH excluding ortho intramolecular Hbond substituents is 1. The van der Waals surface area contributed by atoms with Crippen molar-refractivity contribution in [2.45, 2.75) is 0 Å². The summed E-state index contributed by atoms with van der Waals surface area (Å²) in [7, 11) is 0. The van der Waals surface area contributed by atoms with Crippen molar-refractivity contribution in [2.24, 2.45) is 5.10 Å². The van der Waals surface area contributed by atoms with E-state index in [1.54, 1.807) is 12.1 Å². The molecule has 1 fully saturated rings. The minimum absolute atomic E-state index is 0.0678. The van der Waals surface area contributed by atoms with Gasteiger partial charge in [0.25, 0.3) is 0 Å². The highest BCUT2D eigenvalue weighted by molar-refractivity contribution is 6.30. The average molecular weight is 476 g/mol. The molecule has 1 aromatic heterocycles. The summed E-state index contributed by atoms with van der Waals surface area (Å²) in [5.41, 5.74) is 4.16. The van der Waals surface area contributed by atoms with Crippen LogP contribution in [-0.4, -0.2) is 52.6 Å². The fraction of sp³-hybridized carbons (Fsp3) is 0.167. The van der Waals surface area contributed by atoms with Gasteiger partial charge in [0, 0.05) is 29.4 Å². The normalized spacial score (nSPS) is 14.0. The number of benzene rings is 3. The van der Waals surface area contributed by atoms with E-state index in [0.717, 1.165) is 16.5 Å². The lowest BCUT2D eigenvalue weighted by molar-refractivity contribution is 0.122. The van der Waals surface area contributed by atoms with Gasteiger partial charge >= 0.3 is 0 Å². The molecule has 0 amide bonds. The first-order valence-corrected chi connectivity index (χ1v) is 11.1. The summed E-state index contributed by atoms with van der Waals surface area (Å²) in [5, 5.41) is 20.2. The van der Waals surface area contributed by atoms with Gasteiger partial charge in [-0.25, -0.2) is 5.43 Å². The number of aromatic nitrogens is 3. The molecule has 0 saturated carbocycles. The van der Waals surface area contributed by atoms with Gasteiger partial charge in [-0.1, -0.05) is 41.9 Å². The highest BCUT2D eigenvalue weighted by Crippen LogP contribution is 2.23. The Bertz CT molecular complexity index is 1340. The minimum atomic E-state index is 0.0678. The monoisotopic (exact) mass is 475 g/mol. The summed E-state index contributed by atoms with van der Waals surface area (Å²) in [4.78, 5) is 15.6. The maximum atomic E-state index is 9.98. The zero-order chi connectivity index (χ0) is 23.3. The Kier molecular flexibility index (Phi) is 6.37. The van der Waals surface area contributed by atoms with Crippen LogP contribution < -0.4 is 15.6 Å². The molecule has 0 unspecified atom stereocenters. The molecule has 172 valence electrons. The van der Waals surface area contributed by atoms with Crippen LogP contribution in [-0.2, 0) is 4.74 Å². The summed E-state index contributed by atoms with van der Waals surface area (Å²) in [5.74, 6) is 1.23. The van der Waals surface area contributed by atoms with Crippen LogP contribution in [0.1, 0.15) is 5.56 Å². The Labute approximate surface area is 201 Å². The molecule has 3 aromatic carbocycles. The number of nitrogens with one attached hydrogen (secondary N) is 2. The van der Waals surface area contributed by atoms with Gasteiger partial charge in [-0.05, 0) is 41.1 Å². The summed E-state index contributed by atoms with van der Waals surface area (Å²) in [6.07, 6.45) is 1.45. The molecule has 1 aliphatic rings. The first kappa shape index (κ1) is 21.9. The predicted octanol–water partition coefficient (Wildman–Crippen LogP) is 4.41. The zero-order valence-corrected chi connectivity index (χ0v) is 18.9. The van der Waals surface area contributed by atoms with Crippen LogP contribution in [0.4, 0.5) is 23.5 Å². The largest absolute Gasteiger partial charge is 0.507 e. The smallest absolute Gasteiger partial charge is 0.250 e. The van der Waals surface area contributed by atoms with Crippen molar-refractivity contribution >= 4 is 52.1 Å². The van der Waals surface area contributed by atoms with Gasteiger partial charge in [0.1, 0.15) is 5.75 Å². The second-order valence-corrected chi connectivity index (χ2v) is 8.08. The van der Waals surface area contributed by atoms with E-state index >= 15 is 0 Å². The van der Waals surface area contributed by atoms with E-state index in [-0.39, 0.29) is 11.7 Å². The molecule has 9 nitrogen and oxygen atoms in total. The molecule has 4 aromatic rings. The van der Waals surface area contributed by atoms with E-state index < -0.39 is 0 Å². The Hall–Kier alpha value is -3.95. The molecule has 1 saturated heterocycles. The number of nitrogens with zero attached hydrogens (tertiary/aromatic N) is 5. The molecule has 0 radical (unpaired) electrons. The number of aromatic hydroxyl groups is 1. The topological polar surface area (TPSA) is 108 Å². The zero-order valence-electron chi connectivity index (χ0n) is 18.1. The molecule has 0 aliphatic carbocycles. The number of halogens is 1. The van der Waals surface area contributed by atoms with Crippen LogP contribution in [0.5, 0.6) is 5.75 Å². The molecule has 3 N–H and O–H groups in total. The van der Waals surface area contributed by atoms with Gasteiger partial charge < -0.3 is 20.1 Å². The Morgan fingerprint density at radius 1 is 0.941 bits per heavy atom. The highest BCUT2D eigenvalue weighted by Gasteiger charge is 2.17. The number of morpholine rings is 1. The molecular weight excluding hydrogens is 454 g/mol. The number of fused-ring (bicyclic) bond motifs is 1. The Morgan fingerprint density at radius 3 is 2.59 bits per heavy atom. The molecule has 34 heavy (non-hydrogen) atoms. The van der Waals surface area contributed by atoms with Crippen LogP contribution in [0, 0.1) is 0 Å². The van der Waals surface area contributed by atoms with E-state index in [0.29, 0.717) is 48.8 Å². The van der Waals surface area contributed by atoms with E-state index in [1.807, 2.05) is 35.2 Å². The predicted molar refractivity (Wildman–Crippen MR) is 134 cm³/mol. The number of phenols is 1. The number of rotatable bonds is 6. The number of ether oxygens (including phenoxy) is 1. The van der Waals surface area contributed by atoms with Crippen LogP contribution in [0.15, 0.2) is 65.8 Å². The molecule has 10 heteroatoms. The molecule has 0 spiro atoms. The second kappa shape index (κ2) is 9.90. The highest BCUT2D eigenvalue weighted by atomic mass is 35.5. The van der Waals surface area contributed by atoms with Crippen LogP contribution >= 0.6 is 11.6 Å². The van der Waals surface area contributed by atoms with Gasteiger partial charge in [0.15, 0.2) is 0 Å². The van der Waals surface area contributed by atoms with Crippen molar-refractivity contribution < 1.29 is 9.84 Å². The van der Waals surface area contributed by atoms with Gasteiger partial charge in [-0.15, -0.1) is 0 Å². The van der Waals surface area contributed by atoms with Crippen molar-refractivity contribution in [1.82, 2.24) is 15.0 Å². The fourth-order valence-electron chi connectivity index (χ4n) is 3.56. The van der Waals surface area contributed by atoms with Crippen LogP contribution in [0.3, 0.4) is 0 Å². The van der Waals surface area contributed by atoms with Crippen molar-refractivity contribution in [1.29, 1.82) is 0 Å².